The third kappa shape index (κ3) is 2.13. The summed E-state index contributed by atoms with van der Waals surface area (Å²) in [6.45, 7) is 0. The lowest BCUT2D eigenvalue weighted by Gasteiger charge is -2.05. The van der Waals surface area contributed by atoms with Crippen LogP contribution in [0, 0.1) is 0 Å². The molecule has 74 valence electrons. The molecule has 2 rings (SSSR count). The van der Waals surface area contributed by atoms with Gasteiger partial charge in [0, 0.05) is 0 Å². The molecule has 0 bridgehead atoms. The second kappa shape index (κ2) is 4.56. The molecule has 0 radical (unpaired) electrons. The fourth-order valence-electron chi connectivity index (χ4n) is 1.59. The molecular weight excluding hydrogens is 187 g/mol. The van der Waals surface area contributed by atoms with Gasteiger partial charge in [0.25, 0.3) is 0 Å². The summed E-state index contributed by atoms with van der Waals surface area (Å²) in [6, 6.07) is 17.7. The third-order valence-corrected chi connectivity index (χ3v) is 2.29. The minimum Gasteiger partial charge on any atom is -0.216 e. The van der Waals surface area contributed by atoms with Gasteiger partial charge in [-0.2, -0.15) is 0 Å². The Kier molecular flexibility index (Phi) is 2.93. The molecule has 0 saturated heterocycles. The molecule has 0 atom stereocenters. The Hall–Kier alpha value is -1.89. The van der Waals surface area contributed by atoms with Gasteiger partial charge >= 0.3 is 0 Å². The Morgan fingerprint density at radius 2 is 1.47 bits per heavy atom. The largest absolute Gasteiger partial charge is 0.216 e. The molecule has 2 aromatic carbocycles. The molecule has 15 heavy (non-hydrogen) atoms. The first-order valence-corrected chi connectivity index (χ1v) is 4.83. The van der Waals surface area contributed by atoms with Gasteiger partial charge in [-0.05, 0) is 22.8 Å². The van der Waals surface area contributed by atoms with Gasteiger partial charge in [0.05, 0.1) is 6.33 Å². The third-order valence-electron chi connectivity index (χ3n) is 2.29. The van der Waals surface area contributed by atoms with Crippen molar-refractivity contribution in [2.75, 3.05) is 0 Å². The Balaban J connectivity index is 2.53. The Morgan fingerprint density at radius 1 is 0.800 bits per heavy atom. The first-order valence-electron chi connectivity index (χ1n) is 4.83. The summed E-state index contributed by atoms with van der Waals surface area (Å²) in [5.74, 6) is 0. The molecule has 0 aliphatic heterocycles. The van der Waals surface area contributed by atoms with Crippen LogP contribution in [0.3, 0.4) is 0 Å². The molecule has 0 nitrogen and oxygen atoms in total. The first-order chi connectivity index (χ1) is 7.42. The van der Waals surface area contributed by atoms with E-state index in [9.17, 15) is 4.39 Å². The number of benzene rings is 2. The van der Waals surface area contributed by atoms with Crippen molar-refractivity contribution in [3.8, 4) is 11.1 Å². The number of hydrogen-bond donors (Lipinski definition) is 0. The van der Waals surface area contributed by atoms with Crippen LogP contribution in [0.15, 0.2) is 60.9 Å². The van der Waals surface area contributed by atoms with E-state index in [1.54, 1.807) is 0 Å². The minimum absolute atomic E-state index is 0.571. The molecule has 0 aromatic heterocycles. The summed E-state index contributed by atoms with van der Waals surface area (Å²) in [7, 11) is 0. The molecule has 0 unspecified atom stereocenters. The first kappa shape index (κ1) is 9.66. The van der Waals surface area contributed by atoms with E-state index < -0.39 is 0 Å². The van der Waals surface area contributed by atoms with Gasteiger partial charge in [0.1, 0.15) is 0 Å². The van der Waals surface area contributed by atoms with Gasteiger partial charge in [-0.1, -0.05) is 54.6 Å². The van der Waals surface area contributed by atoms with Crippen LogP contribution in [0.25, 0.3) is 17.2 Å². The average molecular weight is 198 g/mol. The lowest BCUT2D eigenvalue weighted by Crippen LogP contribution is -1.81. The average Bonchev–Trinajstić information content (AvgIpc) is 2.31. The zero-order valence-corrected chi connectivity index (χ0v) is 8.23. The maximum absolute atomic E-state index is 12.2. The number of hydrogen-bond acceptors (Lipinski definition) is 0. The SMILES string of the molecule is FC=Cc1ccccc1-c1ccccc1. The second-order valence-corrected chi connectivity index (χ2v) is 3.25. The van der Waals surface area contributed by atoms with Gasteiger partial charge in [-0.3, -0.25) is 0 Å². The van der Waals surface area contributed by atoms with Crippen LogP contribution >= 0.6 is 0 Å². The van der Waals surface area contributed by atoms with Crippen molar-refractivity contribution in [1.82, 2.24) is 0 Å². The molecule has 2 aromatic rings. The lowest BCUT2D eigenvalue weighted by atomic mass is 10.00. The van der Waals surface area contributed by atoms with Gasteiger partial charge in [-0.25, -0.2) is 4.39 Å². The van der Waals surface area contributed by atoms with E-state index >= 15 is 0 Å². The summed E-state index contributed by atoms with van der Waals surface area (Å²) < 4.78 is 12.2. The van der Waals surface area contributed by atoms with Gasteiger partial charge in [0.2, 0.25) is 0 Å². The van der Waals surface area contributed by atoms with Gasteiger partial charge in [0.15, 0.2) is 0 Å². The summed E-state index contributed by atoms with van der Waals surface area (Å²) >= 11 is 0. The van der Waals surface area contributed by atoms with Crippen LogP contribution in [0.1, 0.15) is 5.56 Å². The van der Waals surface area contributed by atoms with Crippen LogP contribution in [0.2, 0.25) is 0 Å². The highest BCUT2D eigenvalue weighted by Crippen LogP contribution is 2.24. The Morgan fingerprint density at radius 3 is 2.20 bits per heavy atom. The molecule has 0 amide bonds. The maximum atomic E-state index is 12.2. The maximum Gasteiger partial charge on any atom is 0.0873 e. The normalized spacial score (nSPS) is 10.7. The fourth-order valence-corrected chi connectivity index (χ4v) is 1.59. The van der Waals surface area contributed by atoms with Crippen LogP contribution in [0.4, 0.5) is 4.39 Å². The van der Waals surface area contributed by atoms with Crippen molar-refractivity contribution in [3.63, 3.8) is 0 Å². The van der Waals surface area contributed by atoms with E-state index in [2.05, 4.69) is 0 Å². The molecule has 0 saturated carbocycles. The second-order valence-electron chi connectivity index (χ2n) is 3.25. The van der Waals surface area contributed by atoms with E-state index in [4.69, 9.17) is 0 Å². The van der Waals surface area contributed by atoms with Crippen molar-refractivity contribution < 1.29 is 4.39 Å². The van der Waals surface area contributed by atoms with Crippen LogP contribution in [0.5, 0.6) is 0 Å². The van der Waals surface area contributed by atoms with Crippen molar-refractivity contribution in [1.29, 1.82) is 0 Å². The Labute approximate surface area is 88.7 Å². The van der Waals surface area contributed by atoms with Crippen molar-refractivity contribution in [2.24, 2.45) is 0 Å². The quantitative estimate of drug-likeness (QED) is 0.675. The monoisotopic (exact) mass is 198 g/mol. The smallest absolute Gasteiger partial charge is 0.0873 e. The molecule has 0 N–H and O–H groups in total. The van der Waals surface area contributed by atoms with E-state index in [-0.39, 0.29) is 0 Å². The fraction of sp³-hybridized carbons (Fsp3) is 0. The molecule has 0 fully saturated rings. The predicted octanol–water partition coefficient (Wildman–Crippen LogP) is 4.29. The summed E-state index contributed by atoms with van der Waals surface area (Å²) in [5.41, 5.74) is 3.05. The number of rotatable bonds is 2. The van der Waals surface area contributed by atoms with Crippen LogP contribution in [-0.4, -0.2) is 0 Å². The van der Waals surface area contributed by atoms with Gasteiger partial charge < -0.3 is 0 Å². The van der Waals surface area contributed by atoms with E-state index in [1.165, 1.54) is 6.08 Å². The van der Waals surface area contributed by atoms with Crippen molar-refractivity contribution >= 4 is 6.08 Å². The molecule has 0 spiro atoms. The van der Waals surface area contributed by atoms with Crippen LogP contribution < -0.4 is 0 Å². The predicted molar refractivity (Wildman–Crippen MR) is 62.0 cm³/mol. The minimum atomic E-state index is 0.571. The topological polar surface area (TPSA) is 0 Å². The standard InChI is InChI=1S/C14H11F/c15-11-10-13-8-4-5-9-14(13)12-6-2-1-3-7-12/h1-11H. The zero-order valence-electron chi connectivity index (χ0n) is 8.23. The summed E-state index contributed by atoms with van der Waals surface area (Å²) in [6.07, 6.45) is 2.05. The highest BCUT2D eigenvalue weighted by Gasteiger charge is 2.00. The lowest BCUT2D eigenvalue weighted by molar-refractivity contribution is 0.727. The van der Waals surface area contributed by atoms with E-state index in [1.807, 2.05) is 54.6 Å². The Bertz CT molecular complexity index is 458. The van der Waals surface area contributed by atoms with Gasteiger partial charge in [-0.15, -0.1) is 0 Å². The summed E-state index contributed by atoms with van der Waals surface area (Å²) in [4.78, 5) is 0. The number of halogens is 1. The molecule has 1 heteroatoms. The van der Waals surface area contributed by atoms with Crippen molar-refractivity contribution in [3.05, 3.63) is 66.5 Å². The van der Waals surface area contributed by atoms with E-state index in [0.717, 1.165) is 16.7 Å². The summed E-state index contributed by atoms with van der Waals surface area (Å²) in [5, 5.41) is 0. The molecule has 0 aliphatic rings. The van der Waals surface area contributed by atoms with Crippen molar-refractivity contribution in [2.45, 2.75) is 0 Å². The molecule has 0 aliphatic carbocycles. The molecule has 0 heterocycles. The zero-order chi connectivity index (χ0) is 10.5. The van der Waals surface area contributed by atoms with E-state index in [0.29, 0.717) is 6.33 Å². The molecular formula is C14H11F. The van der Waals surface area contributed by atoms with Crippen LogP contribution in [-0.2, 0) is 0 Å². The highest BCUT2D eigenvalue weighted by molar-refractivity contribution is 5.74. The highest BCUT2D eigenvalue weighted by atomic mass is 19.1.